The molecule has 0 aromatic heterocycles. The summed E-state index contributed by atoms with van der Waals surface area (Å²) >= 11 is 0. The van der Waals surface area contributed by atoms with Crippen molar-refractivity contribution in [2.24, 2.45) is 11.7 Å². The largest absolute Gasteiger partial charge is 0.345 e. The first kappa shape index (κ1) is 16.0. The van der Waals surface area contributed by atoms with E-state index < -0.39 is 9.84 Å². The minimum Gasteiger partial charge on any atom is -0.345 e. The highest BCUT2D eigenvalue weighted by molar-refractivity contribution is 7.91. The minimum atomic E-state index is -3.24. The fourth-order valence-electron chi connectivity index (χ4n) is 2.35. The van der Waals surface area contributed by atoms with Crippen LogP contribution in [-0.2, 0) is 9.84 Å². The van der Waals surface area contributed by atoms with Gasteiger partial charge in [-0.3, -0.25) is 4.79 Å². The first-order valence-electron chi connectivity index (χ1n) is 7.18. The van der Waals surface area contributed by atoms with E-state index in [4.69, 9.17) is 5.73 Å². The molecule has 1 atom stereocenters. The van der Waals surface area contributed by atoms with E-state index in [-0.39, 0.29) is 22.1 Å². The summed E-state index contributed by atoms with van der Waals surface area (Å²) in [6.45, 7) is 3.95. The zero-order chi connectivity index (χ0) is 15.7. The molecule has 6 heteroatoms. The Hall–Kier alpha value is -1.40. The zero-order valence-electron chi connectivity index (χ0n) is 12.4. The lowest BCUT2D eigenvalue weighted by atomic mass is 9.95. The molecule has 5 nitrogen and oxygen atoms in total. The van der Waals surface area contributed by atoms with Gasteiger partial charge < -0.3 is 11.1 Å². The van der Waals surface area contributed by atoms with Crippen molar-refractivity contribution in [3.8, 4) is 0 Å². The molecule has 2 rings (SSSR count). The molecule has 1 unspecified atom stereocenters. The Morgan fingerprint density at radius 1 is 1.33 bits per heavy atom. The van der Waals surface area contributed by atoms with Gasteiger partial charge in [-0.1, -0.05) is 6.92 Å². The third-order valence-electron chi connectivity index (χ3n) is 4.16. The molecule has 0 spiro atoms. The van der Waals surface area contributed by atoms with E-state index in [1.807, 2.05) is 6.92 Å². The molecular weight excluding hydrogens is 288 g/mol. The Kier molecular flexibility index (Phi) is 4.39. The number of hydrogen-bond donors (Lipinski definition) is 2. The molecule has 1 saturated carbocycles. The fourth-order valence-corrected chi connectivity index (χ4v) is 3.24. The van der Waals surface area contributed by atoms with Crippen molar-refractivity contribution < 1.29 is 13.2 Å². The molecule has 1 aromatic carbocycles. The maximum Gasteiger partial charge on any atom is 0.251 e. The van der Waals surface area contributed by atoms with Crippen molar-refractivity contribution in [2.75, 3.05) is 12.3 Å². The van der Waals surface area contributed by atoms with Crippen molar-refractivity contribution >= 4 is 15.7 Å². The predicted octanol–water partition coefficient (Wildman–Crippen LogP) is 1.34. The summed E-state index contributed by atoms with van der Waals surface area (Å²) in [5.41, 5.74) is 5.85. The van der Waals surface area contributed by atoms with Crippen molar-refractivity contribution in [1.82, 2.24) is 5.32 Å². The van der Waals surface area contributed by atoms with Crippen LogP contribution in [0.5, 0.6) is 0 Å². The molecule has 1 fully saturated rings. The van der Waals surface area contributed by atoms with Crippen LogP contribution in [0.2, 0.25) is 0 Å². The van der Waals surface area contributed by atoms with Crippen LogP contribution in [0, 0.1) is 5.92 Å². The lowest BCUT2D eigenvalue weighted by molar-refractivity contribution is 0.0897. The molecule has 1 aromatic rings. The quantitative estimate of drug-likeness (QED) is 0.829. The van der Waals surface area contributed by atoms with Crippen LogP contribution in [0.25, 0.3) is 0 Å². The average molecular weight is 310 g/mol. The second-order valence-corrected chi connectivity index (χ2v) is 8.06. The van der Waals surface area contributed by atoms with Crippen LogP contribution in [-0.4, -0.2) is 32.2 Å². The Morgan fingerprint density at radius 3 is 2.33 bits per heavy atom. The van der Waals surface area contributed by atoms with Gasteiger partial charge in [0.05, 0.1) is 16.2 Å². The fraction of sp³-hybridized carbons (Fsp3) is 0.533. The monoisotopic (exact) mass is 310 g/mol. The van der Waals surface area contributed by atoms with Crippen molar-refractivity contribution in [1.29, 1.82) is 0 Å². The summed E-state index contributed by atoms with van der Waals surface area (Å²) in [5.74, 6) is 0.271. The van der Waals surface area contributed by atoms with Gasteiger partial charge in [0.2, 0.25) is 0 Å². The van der Waals surface area contributed by atoms with Gasteiger partial charge in [-0.05, 0) is 49.9 Å². The first-order valence-corrected chi connectivity index (χ1v) is 8.83. The highest BCUT2D eigenvalue weighted by atomic mass is 32.2. The Morgan fingerprint density at radius 2 is 1.90 bits per heavy atom. The van der Waals surface area contributed by atoms with E-state index in [0.29, 0.717) is 18.0 Å². The van der Waals surface area contributed by atoms with Crippen LogP contribution >= 0.6 is 0 Å². The third-order valence-corrected chi connectivity index (χ3v) is 5.91. The van der Waals surface area contributed by atoms with Crippen LogP contribution in [0.3, 0.4) is 0 Å². The summed E-state index contributed by atoms with van der Waals surface area (Å²) < 4.78 is 23.5. The molecule has 0 bridgehead atoms. The summed E-state index contributed by atoms with van der Waals surface area (Å²) in [4.78, 5) is 12.5. The van der Waals surface area contributed by atoms with Crippen LogP contribution in [0.4, 0.5) is 0 Å². The summed E-state index contributed by atoms with van der Waals surface area (Å²) in [6.07, 6.45) is 2.17. The molecule has 0 saturated heterocycles. The number of hydrogen-bond acceptors (Lipinski definition) is 4. The molecule has 3 N–H and O–H groups in total. The van der Waals surface area contributed by atoms with E-state index in [2.05, 4.69) is 5.32 Å². The topological polar surface area (TPSA) is 89.3 Å². The highest BCUT2D eigenvalue weighted by Crippen LogP contribution is 2.39. The maximum atomic E-state index is 12.3. The van der Waals surface area contributed by atoms with Gasteiger partial charge in [0.1, 0.15) is 0 Å². The lowest BCUT2D eigenvalue weighted by Crippen LogP contribution is -2.53. The molecule has 1 aliphatic rings. The Bertz CT molecular complexity index is 621. The number of benzene rings is 1. The molecule has 0 heterocycles. The van der Waals surface area contributed by atoms with E-state index in [1.54, 1.807) is 19.1 Å². The van der Waals surface area contributed by atoms with Gasteiger partial charge in [-0.25, -0.2) is 8.42 Å². The van der Waals surface area contributed by atoms with Gasteiger partial charge >= 0.3 is 0 Å². The highest BCUT2D eigenvalue weighted by Gasteiger charge is 2.41. The average Bonchev–Trinajstić information content (AvgIpc) is 3.32. The van der Waals surface area contributed by atoms with Crippen LogP contribution in [0.1, 0.15) is 37.0 Å². The number of carbonyl (C=O) groups excluding carboxylic acids is 1. The van der Waals surface area contributed by atoms with E-state index in [0.717, 1.165) is 12.8 Å². The zero-order valence-corrected chi connectivity index (χ0v) is 13.2. The number of rotatable bonds is 6. The van der Waals surface area contributed by atoms with Crippen molar-refractivity contribution in [3.05, 3.63) is 29.8 Å². The van der Waals surface area contributed by atoms with Crippen molar-refractivity contribution in [2.45, 2.75) is 37.1 Å². The third kappa shape index (κ3) is 3.44. The van der Waals surface area contributed by atoms with Crippen LogP contribution in [0.15, 0.2) is 29.2 Å². The summed E-state index contributed by atoms with van der Waals surface area (Å²) in [7, 11) is -3.24. The van der Waals surface area contributed by atoms with Gasteiger partial charge in [0.15, 0.2) is 9.84 Å². The standard InChI is InChI=1S/C15H22N2O3S/c1-3-21(19,20)13-8-4-11(5-9-13)14(18)17-15(2,10-16)12-6-7-12/h4-5,8-9,12H,3,6-7,10,16H2,1-2H3,(H,17,18). The minimum absolute atomic E-state index is 0.0471. The van der Waals surface area contributed by atoms with E-state index >= 15 is 0 Å². The normalized spacial score (nSPS) is 18.0. The summed E-state index contributed by atoms with van der Waals surface area (Å²) in [5, 5.41) is 2.98. The number of carbonyl (C=O) groups is 1. The summed E-state index contributed by atoms with van der Waals surface area (Å²) in [6, 6.07) is 6.04. The second-order valence-electron chi connectivity index (χ2n) is 5.78. The van der Waals surface area contributed by atoms with E-state index in [1.165, 1.54) is 12.1 Å². The Labute approximate surface area is 125 Å². The molecule has 1 amide bonds. The molecule has 0 aliphatic heterocycles. The molecule has 0 radical (unpaired) electrons. The van der Waals surface area contributed by atoms with Crippen LogP contribution < -0.4 is 11.1 Å². The number of nitrogens with one attached hydrogen (secondary N) is 1. The predicted molar refractivity (Wildman–Crippen MR) is 81.8 cm³/mol. The smallest absolute Gasteiger partial charge is 0.251 e. The molecule has 21 heavy (non-hydrogen) atoms. The molecule has 1 aliphatic carbocycles. The first-order chi connectivity index (χ1) is 9.82. The van der Waals surface area contributed by atoms with Gasteiger partial charge in [0, 0.05) is 12.1 Å². The van der Waals surface area contributed by atoms with Gasteiger partial charge in [-0.15, -0.1) is 0 Å². The SMILES string of the molecule is CCS(=O)(=O)c1ccc(C(=O)NC(C)(CN)C2CC2)cc1. The number of amides is 1. The Balaban J connectivity index is 2.13. The van der Waals surface area contributed by atoms with Gasteiger partial charge in [-0.2, -0.15) is 0 Å². The van der Waals surface area contributed by atoms with Crippen molar-refractivity contribution in [3.63, 3.8) is 0 Å². The molecular formula is C15H22N2O3S. The van der Waals surface area contributed by atoms with Gasteiger partial charge in [0.25, 0.3) is 5.91 Å². The second kappa shape index (κ2) is 5.77. The maximum absolute atomic E-state index is 12.3. The molecule has 116 valence electrons. The number of nitrogens with two attached hydrogens (primary N) is 1. The van der Waals surface area contributed by atoms with E-state index in [9.17, 15) is 13.2 Å². The number of sulfone groups is 1. The lowest BCUT2D eigenvalue weighted by Gasteiger charge is -2.29.